The van der Waals surface area contributed by atoms with Gasteiger partial charge in [0.25, 0.3) is 0 Å². The second-order valence-corrected chi connectivity index (χ2v) is 1.03. The number of aliphatic hydroxyl groups is 2. The molecule has 0 saturated carbocycles. The molecule has 0 spiro atoms. The molecule has 0 aromatic rings. The van der Waals surface area contributed by atoms with Gasteiger partial charge in [-0.15, -0.1) is 0 Å². The Morgan fingerprint density at radius 1 is 1.67 bits per heavy atom. The summed E-state index contributed by atoms with van der Waals surface area (Å²) in [6.45, 7) is 1.39. The number of hydrogen-bond acceptors (Lipinski definition) is 2. The summed E-state index contributed by atoms with van der Waals surface area (Å²) in [5.41, 5.74) is 0. The van der Waals surface area contributed by atoms with Crippen molar-refractivity contribution in [2.45, 2.75) is 13.0 Å². The maximum absolute atomic E-state index is 8.11. The first-order valence-electron chi connectivity index (χ1n) is 1.56. The molecule has 0 radical (unpaired) electrons. The van der Waals surface area contributed by atoms with Crippen LogP contribution in [0.1, 0.15) is 6.92 Å². The van der Waals surface area contributed by atoms with Crippen molar-refractivity contribution in [2.75, 3.05) is 6.61 Å². The summed E-state index contributed by atoms with van der Waals surface area (Å²) >= 11 is 0. The summed E-state index contributed by atoms with van der Waals surface area (Å²) in [6, 6.07) is 0. The van der Waals surface area contributed by atoms with Gasteiger partial charge in [0.05, 0.1) is 12.7 Å². The molecule has 2 N–H and O–H groups in total. The van der Waals surface area contributed by atoms with Crippen LogP contribution in [0.2, 0.25) is 0 Å². The monoisotopic (exact) mass is 124 g/mol. The van der Waals surface area contributed by atoms with Crippen LogP contribution in [0.4, 0.5) is 0 Å². The molecular weight excluding hydrogens is 116 g/mol. The minimum atomic E-state index is -0.560. The standard InChI is InChI=1S/C3H8O2.Ti/c1-3(5)2-4;/h3-5H,2H2,1H3;. The second kappa shape index (κ2) is 5.63. The number of aliphatic hydroxyl groups excluding tert-OH is 2. The van der Waals surface area contributed by atoms with Crippen molar-refractivity contribution in [3.8, 4) is 0 Å². The van der Waals surface area contributed by atoms with E-state index in [1.807, 2.05) is 0 Å². The van der Waals surface area contributed by atoms with E-state index < -0.39 is 6.10 Å². The summed E-state index contributed by atoms with van der Waals surface area (Å²) in [4.78, 5) is 0. The van der Waals surface area contributed by atoms with E-state index in [9.17, 15) is 0 Å². The first-order chi connectivity index (χ1) is 2.27. The van der Waals surface area contributed by atoms with Crippen molar-refractivity contribution in [1.82, 2.24) is 0 Å². The fourth-order valence-electron chi connectivity index (χ4n) is 0. The van der Waals surface area contributed by atoms with E-state index in [-0.39, 0.29) is 28.3 Å². The molecule has 6 heavy (non-hydrogen) atoms. The zero-order chi connectivity index (χ0) is 4.28. The molecule has 0 aromatic carbocycles. The Morgan fingerprint density at radius 2 is 1.83 bits per heavy atom. The molecular formula is C3H8O2Ti. The van der Waals surface area contributed by atoms with Gasteiger partial charge in [0.15, 0.2) is 0 Å². The average molecular weight is 124 g/mol. The van der Waals surface area contributed by atoms with Crippen LogP contribution < -0.4 is 0 Å². The van der Waals surface area contributed by atoms with Crippen LogP contribution in [0.5, 0.6) is 0 Å². The summed E-state index contributed by atoms with van der Waals surface area (Å²) in [5.74, 6) is 0. The molecule has 0 aliphatic rings. The second-order valence-electron chi connectivity index (χ2n) is 1.03. The van der Waals surface area contributed by atoms with Gasteiger partial charge in [-0.1, -0.05) is 0 Å². The van der Waals surface area contributed by atoms with Crippen molar-refractivity contribution in [3.63, 3.8) is 0 Å². The predicted molar refractivity (Wildman–Crippen MR) is 18.8 cm³/mol. The third kappa shape index (κ3) is 8.82. The van der Waals surface area contributed by atoms with Gasteiger partial charge in [0, 0.05) is 21.7 Å². The largest absolute Gasteiger partial charge is 0.394 e. The van der Waals surface area contributed by atoms with Crippen molar-refractivity contribution in [3.05, 3.63) is 0 Å². The predicted octanol–water partition coefficient (Wildman–Crippen LogP) is -0.643. The van der Waals surface area contributed by atoms with E-state index in [2.05, 4.69) is 0 Å². The fourth-order valence-corrected chi connectivity index (χ4v) is 0. The van der Waals surface area contributed by atoms with Crippen LogP contribution in [0.25, 0.3) is 0 Å². The zero-order valence-corrected chi connectivity index (χ0v) is 5.24. The van der Waals surface area contributed by atoms with Gasteiger partial charge in [-0.25, -0.2) is 0 Å². The van der Waals surface area contributed by atoms with E-state index in [4.69, 9.17) is 10.2 Å². The number of hydrogen-bond donors (Lipinski definition) is 2. The van der Waals surface area contributed by atoms with Gasteiger partial charge in [-0.3, -0.25) is 0 Å². The van der Waals surface area contributed by atoms with E-state index >= 15 is 0 Å². The Labute approximate surface area is 52.1 Å². The molecule has 0 fully saturated rings. The molecule has 36 valence electrons. The molecule has 0 aromatic heterocycles. The van der Waals surface area contributed by atoms with Crippen LogP contribution in [0.3, 0.4) is 0 Å². The molecule has 0 aliphatic heterocycles. The summed E-state index contributed by atoms with van der Waals surface area (Å²) in [5, 5.41) is 16.0. The van der Waals surface area contributed by atoms with Gasteiger partial charge in [-0.2, -0.15) is 0 Å². The quantitative estimate of drug-likeness (QED) is 0.456. The van der Waals surface area contributed by atoms with Crippen LogP contribution >= 0.6 is 0 Å². The molecule has 3 heteroatoms. The Kier molecular flexibility index (Phi) is 9.21. The van der Waals surface area contributed by atoms with Crippen molar-refractivity contribution in [2.24, 2.45) is 0 Å². The molecule has 0 bridgehead atoms. The van der Waals surface area contributed by atoms with Gasteiger partial charge >= 0.3 is 0 Å². The van der Waals surface area contributed by atoms with Crippen LogP contribution in [-0.2, 0) is 21.7 Å². The topological polar surface area (TPSA) is 40.5 Å². The van der Waals surface area contributed by atoms with Gasteiger partial charge in [-0.05, 0) is 6.92 Å². The maximum Gasteiger partial charge on any atom is 0.0742 e. The molecule has 0 rings (SSSR count). The summed E-state index contributed by atoms with van der Waals surface area (Å²) in [7, 11) is 0. The minimum Gasteiger partial charge on any atom is -0.394 e. The van der Waals surface area contributed by atoms with E-state index in [1.165, 1.54) is 6.92 Å². The third-order valence-electron chi connectivity index (χ3n) is 0.264. The smallest absolute Gasteiger partial charge is 0.0742 e. The number of rotatable bonds is 1. The van der Waals surface area contributed by atoms with E-state index in [0.717, 1.165) is 0 Å². The van der Waals surface area contributed by atoms with Crippen LogP contribution in [-0.4, -0.2) is 22.9 Å². The van der Waals surface area contributed by atoms with E-state index in [0.29, 0.717) is 0 Å². The first kappa shape index (κ1) is 9.81. The molecule has 1 atom stereocenters. The Balaban J connectivity index is 0. The van der Waals surface area contributed by atoms with E-state index in [1.54, 1.807) is 0 Å². The Morgan fingerprint density at radius 3 is 1.83 bits per heavy atom. The maximum atomic E-state index is 8.11. The Bertz CT molecular complexity index is 22.8. The van der Waals surface area contributed by atoms with Crippen LogP contribution in [0.15, 0.2) is 0 Å². The molecule has 0 aliphatic carbocycles. The third-order valence-corrected chi connectivity index (χ3v) is 0.264. The zero-order valence-electron chi connectivity index (χ0n) is 3.68. The normalized spacial score (nSPS) is 12.5. The van der Waals surface area contributed by atoms with Crippen molar-refractivity contribution < 1.29 is 31.9 Å². The van der Waals surface area contributed by atoms with Crippen molar-refractivity contribution in [1.29, 1.82) is 0 Å². The minimum absolute atomic E-state index is 0. The molecule has 0 saturated heterocycles. The Hall–Kier alpha value is 0.634. The van der Waals surface area contributed by atoms with Crippen LogP contribution in [0, 0.1) is 0 Å². The van der Waals surface area contributed by atoms with Gasteiger partial charge in [0.2, 0.25) is 0 Å². The first-order valence-corrected chi connectivity index (χ1v) is 1.56. The molecule has 1 unspecified atom stereocenters. The summed E-state index contributed by atoms with van der Waals surface area (Å²) in [6.07, 6.45) is -0.560. The molecule has 0 heterocycles. The SMILES string of the molecule is CC(O)CO.[Ti]. The van der Waals surface area contributed by atoms with Gasteiger partial charge < -0.3 is 10.2 Å². The van der Waals surface area contributed by atoms with Gasteiger partial charge in [0.1, 0.15) is 0 Å². The van der Waals surface area contributed by atoms with Crippen molar-refractivity contribution >= 4 is 0 Å². The summed E-state index contributed by atoms with van der Waals surface area (Å²) < 4.78 is 0. The average Bonchev–Trinajstić information content (AvgIpc) is 1.38. The fraction of sp³-hybridized carbons (Fsp3) is 1.00. The molecule has 0 amide bonds. The molecule has 2 nitrogen and oxygen atoms in total.